The molecule has 0 atom stereocenters. The molecule has 8 nitrogen and oxygen atoms in total. The summed E-state index contributed by atoms with van der Waals surface area (Å²) in [6.45, 7) is 4.57. The van der Waals surface area contributed by atoms with Gasteiger partial charge in [-0.3, -0.25) is 9.69 Å². The molecule has 2 fully saturated rings. The van der Waals surface area contributed by atoms with Gasteiger partial charge in [0.1, 0.15) is 16.6 Å². The zero-order chi connectivity index (χ0) is 19.7. The summed E-state index contributed by atoms with van der Waals surface area (Å²) in [5, 5.41) is 4.00. The number of nitrogens with zero attached hydrogens (tertiary/aromatic N) is 4. The first-order chi connectivity index (χ1) is 13.5. The zero-order valence-electron chi connectivity index (χ0n) is 16.0. The summed E-state index contributed by atoms with van der Waals surface area (Å²) in [6, 6.07) is 1.62. The van der Waals surface area contributed by atoms with Gasteiger partial charge in [0.2, 0.25) is 0 Å². The van der Waals surface area contributed by atoms with Crippen LogP contribution in [0.1, 0.15) is 47.0 Å². The van der Waals surface area contributed by atoms with Crippen molar-refractivity contribution in [1.29, 1.82) is 0 Å². The normalized spacial score (nSPS) is 15.9. The first kappa shape index (κ1) is 18.8. The van der Waals surface area contributed by atoms with Gasteiger partial charge in [-0.2, -0.15) is 0 Å². The minimum Gasteiger partial charge on any atom is -0.449 e. The van der Waals surface area contributed by atoms with Crippen molar-refractivity contribution >= 4 is 34.2 Å². The van der Waals surface area contributed by atoms with E-state index >= 15 is 0 Å². The van der Waals surface area contributed by atoms with Gasteiger partial charge in [-0.05, 0) is 57.4 Å². The number of carbonyl (C=O) groups is 2. The minimum atomic E-state index is -0.395. The van der Waals surface area contributed by atoms with Crippen LogP contribution in [0.2, 0.25) is 0 Å². The molecule has 0 aromatic carbocycles. The largest absolute Gasteiger partial charge is 0.449 e. The van der Waals surface area contributed by atoms with Crippen molar-refractivity contribution in [2.75, 3.05) is 23.4 Å². The second-order valence-corrected chi connectivity index (χ2v) is 8.59. The van der Waals surface area contributed by atoms with Crippen molar-refractivity contribution < 1.29 is 14.3 Å². The third-order valence-corrected chi connectivity index (χ3v) is 5.69. The number of amides is 2. The van der Waals surface area contributed by atoms with Gasteiger partial charge >= 0.3 is 6.09 Å². The van der Waals surface area contributed by atoms with Crippen molar-refractivity contribution in [3.8, 4) is 0 Å². The van der Waals surface area contributed by atoms with Gasteiger partial charge in [0.05, 0.1) is 11.6 Å². The number of rotatable bonds is 7. The molecule has 0 unspecified atom stereocenters. The fourth-order valence-electron chi connectivity index (χ4n) is 2.80. The lowest BCUT2D eigenvalue weighted by Crippen LogP contribution is -2.34. The first-order valence-corrected chi connectivity index (χ1v) is 10.3. The molecule has 0 bridgehead atoms. The van der Waals surface area contributed by atoms with E-state index in [9.17, 15) is 9.59 Å². The van der Waals surface area contributed by atoms with Crippen LogP contribution in [0.25, 0.3) is 0 Å². The zero-order valence-corrected chi connectivity index (χ0v) is 16.8. The van der Waals surface area contributed by atoms with Crippen molar-refractivity contribution in [3.63, 3.8) is 0 Å². The molecule has 2 heterocycles. The molecule has 0 aliphatic heterocycles. The predicted octanol–water partition coefficient (Wildman–Crippen LogP) is 3.57. The summed E-state index contributed by atoms with van der Waals surface area (Å²) in [4.78, 5) is 39.8. The predicted molar refractivity (Wildman–Crippen MR) is 106 cm³/mol. The average molecular weight is 401 g/mol. The van der Waals surface area contributed by atoms with Crippen LogP contribution in [0.4, 0.5) is 15.6 Å². The van der Waals surface area contributed by atoms with Crippen LogP contribution in [0.5, 0.6) is 0 Å². The van der Waals surface area contributed by atoms with Crippen LogP contribution in [0.15, 0.2) is 12.3 Å². The van der Waals surface area contributed by atoms with Gasteiger partial charge in [0.15, 0.2) is 5.69 Å². The second kappa shape index (κ2) is 7.83. The molecule has 2 aliphatic rings. The molecule has 0 spiro atoms. The Morgan fingerprint density at radius 1 is 1.21 bits per heavy atom. The molecule has 28 heavy (non-hydrogen) atoms. The standard InChI is InChI=1S/C19H23N5O3S/c1-11-20-8-7-15(21-11)23-17(25)16-18(28-12(2)22-16)24(9-13-3-4-13)19(26)27-10-14-5-6-14/h7-8,13-14H,3-6,9-10H2,1-2H3,(H,20,21,23,25). The van der Waals surface area contributed by atoms with Gasteiger partial charge in [-0.15, -0.1) is 11.3 Å². The molecule has 2 amide bonds. The van der Waals surface area contributed by atoms with E-state index in [1.807, 2.05) is 6.92 Å². The van der Waals surface area contributed by atoms with Crippen LogP contribution in [0, 0.1) is 25.7 Å². The molecule has 0 radical (unpaired) electrons. The highest BCUT2D eigenvalue weighted by molar-refractivity contribution is 7.16. The van der Waals surface area contributed by atoms with Crippen LogP contribution in [-0.4, -0.2) is 40.1 Å². The monoisotopic (exact) mass is 401 g/mol. The number of ether oxygens (including phenoxy) is 1. The maximum atomic E-state index is 12.9. The molecule has 2 aromatic heterocycles. The van der Waals surface area contributed by atoms with Gasteiger partial charge in [-0.25, -0.2) is 19.7 Å². The van der Waals surface area contributed by atoms with Crippen LogP contribution >= 0.6 is 11.3 Å². The van der Waals surface area contributed by atoms with Crippen molar-refractivity contribution in [1.82, 2.24) is 15.0 Å². The van der Waals surface area contributed by atoms with E-state index < -0.39 is 12.0 Å². The van der Waals surface area contributed by atoms with Gasteiger partial charge in [0, 0.05) is 12.7 Å². The summed E-state index contributed by atoms with van der Waals surface area (Å²) in [5.41, 5.74) is 0.225. The van der Waals surface area contributed by atoms with Crippen molar-refractivity contribution in [2.45, 2.75) is 39.5 Å². The Labute approximate surface area is 167 Å². The van der Waals surface area contributed by atoms with Crippen LogP contribution in [-0.2, 0) is 4.74 Å². The fraction of sp³-hybridized carbons (Fsp3) is 0.526. The smallest absolute Gasteiger partial charge is 0.414 e. The molecule has 1 N–H and O–H groups in total. The Kier molecular flexibility index (Phi) is 5.25. The summed E-state index contributed by atoms with van der Waals surface area (Å²) < 4.78 is 5.50. The topological polar surface area (TPSA) is 97.3 Å². The number of anilines is 2. The molecular formula is C19H23N5O3S. The molecular weight excluding hydrogens is 378 g/mol. The lowest BCUT2D eigenvalue weighted by Gasteiger charge is -2.21. The van der Waals surface area contributed by atoms with Crippen molar-refractivity contribution in [2.24, 2.45) is 11.8 Å². The van der Waals surface area contributed by atoms with E-state index in [4.69, 9.17) is 4.74 Å². The van der Waals surface area contributed by atoms with Crippen LogP contribution in [0.3, 0.4) is 0 Å². The third-order valence-electron chi connectivity index (χ3n) is 4.69. The van der Waals surface area contributed by atoms with E-state index in [-0.39, 0.29) is 5.69 Å². The highest BCUT2D eigenvalue weighted by atomic mass is 32.1. The van der Waals surface area contributed by atoms with Crippen LogP contribution < -0.4 is 10.2 Å². The molecule has 2 saturated carbocycles. The molecule has 148 valence electrons. The lowest BCUT2D eigenvalue weighted by molar-refractivity contribution is 0.102. The number of carbonyl (C=O) groups excluding carboxylic acids is 2. The summed E-state index contributed by atoms with van der Waals surface area (Å²) in [6.07, 6.45) is 5.59. The highest BCUT2D eigenvalue weighted by Gasteiger charge is 2.34. The molecule has 2 aromatic rings. The molecule has 2 aliphatic carbocycles. The van der Waals surface area contributed by atoms with Gasteiger partial charge in [-0.1, -0.05) is 0 Å². The van der Waals surface area contributed by atoms with Gasteiger partial charge in [0.25, 0.3) is 5.91 Å². The summed E-state index contributed by atoms with van der Waals surface area (Å²) in [7, 11) is 0. The number of nitrogens with one attached hydrogen (secondary N) is 1. The van der Waals surface area contributed by atoms with E-state index in [0.717, 1.165) is 30.7 Å². The Morgan fingerprint density at radius 3 is 2.64 bits per heavy atom. The van der Waals surface area contributed by atoms with Gasteiger partial charge < -0.3 is 10.1 Å². The minimum absolute atomic E-state index is 0.225. The van der Waals surface area contributed by atoms with E-state index in [2.05, 4.69) is 20.3 Å². The second-order valence-electron chi connectivity index (χ2n) is 7.40. The lowest BCUT2D eigenvalue weighted by atomic mass is 10.3. The Bertz CT molecular complexity index is 891. The van der Waals surface area contributed by atoms with E-state index in [0.29, 0.717) is 41.6 Å². The maximum Gasteiger partial charge on any atom is 0.414 e. The third kappa shape index (κ3) is 4.64. The Hall–Kier alpha value is -2.55. The van der Waals surface area contributed by atoms with E-state index in [1.54, 1.807) is 24.1 Å². The number of hydrogen-bond acceptors (Lipinski definition) is 7. The van der Waals surface area contributed by atoms with Crippen molar-refractivity contribution in [3.05, 3.63) is 28.8 Å². The highest BCUT2D eigenvalue weighted by Crippen LogP contribution is 2.36. The number of aryl methyl sites for hydroxylation is 2. The maximum absolute atomic E-state index is 12.9. The number of aromatic nitrogens is 3. The fourth-order valence-corrected chi connectivity index (χ4v) is 3.71. The quantitative estimate of drug-likeness (QED) is 0.762. The van der Waals surface area contributed by atoms with E-state index in [1.165, 1.54) is 11.3 Å². The SMILES string of the molecule is Cc1nccc(NC(=O)c2nc(C)sc2N(CC2CC2)C(=O)OCC2CC2)n1. The first-order valence-electron chi connectivity index (χ1n) is 9.52. The Morgan fingerprint density at radius 2 is 1.96 bits per heavy atom. The number of thiazole rings is 1. The number of hydrogen-bond donors (Lipinski definition) is 1. The molecule has 9 heteroatoms. The average Bonchev–Trinajstić information content (AvgIpc) is 3.57. The molecule has 4 rings (SSSR count). The Balaban J connectivity index is 1.55. The summed E-state index contributed by atoms with van der Waals surface area (Å²) >= 11 is 1.33. The summed E-state index contributed by atoms with van der Waals surface area (Å²) in [5.74, 6) is 1.51. The molecule has 0 saturated heterocycles.